The van der Waals surface area contributed by atoms with Gasteiger partial charge in [0.25, 0.3) is 0 Å². The third kappa shape index (κ3) is 2.53. The molecule has 21 heavy (non-hydrogen) atoms. The van der Waals surface area contributed by atoms with Crippen LogP contribution in [0.3, 0.4) is 0 Å². The summed E-state index contributed by atoms with van der Waals surface area (Å²) in [5.41, 5.74) is 0.285. The second kappa shape index (κ2) is 5.34. The number of amides is 2. The molecule has 2 amide bonds. The van der Waals surface area contributed by atoms with Crippen molar-refractivity contribution in [1.29, 1.82) is 0 Å². The number of piperazine rings is 1. The molecular formula is C16H19ClN2O2. The molecule has 1 N–H and O–H groups in total. The van der Waals surface area contributed by atoms with Gasteiger partial charge in [-0.15, -0.1) is 0 Å². The molecule has 112 valence electrons. The third-order valence-corrected chi connectivity index (χ3v) is 4.81. The smallest absolute Gasteiger partial charge is 0.249 e. The number of nitrogens with one attached hydrogen (secondary N) is 1. The maximum atomic E-state index is 12.9. The first-order valence-electron chi connectivity index (χ1n) is 7.39. The van der Waals surface area contributed by atoms with Crippen molar-refractivity contribution in [2.24, 2.45) is 0 Å². The second-order valence-corrected chi connectivity index (χ2v) is 6.45. The first-order chi connectivity index (χ1) is 10.0. The van der Waals surface area contributed by atoms with Gasteiger partial charge in [-0.05, 0) is 37.5 Å². The minimum absolute atomic E-state index is 0.0482. The maximum absolute atomic E-state index is 12.9. The first kappa shape index (κ1) is 14.4. The van der Waals surface area contributed by atoms with Crippen molar-refractivity contribution in [3.8, 4) is 0 Å². The molecule has 2 fully saturated rings. The normalized spacial score (nSPS) is 24.5. The van der Waals surface area contributed by atoms with Crippen LogP contribution in [0, 0.1) is 0 Å². The van der Waals surface area contributed by atoms with Gasteiger partial charge >= 0.3 is 0 Å². The summed E-state index contributed by atoms with van der Waals surface area (Å²) in [6, 6.07) is 7.00. The Hall–Kier alpha value is -1.55. The minimum Gasteiger partial charge on any atom is -0.340 e. The molecule has 1 saturated heterocycles. The molecule has 1 saturated carbocycles. The standard InChI is InChI=1S/C16H19ClN2O2/c1-11-14(20)18-16(7-2-3-8-16)15(21)19(11)10-12-5-4-6-13(17)9-12/h4-6,9,11H,2-3,7-8,10H2,1H3,(H,18,20). The van der Waals surface area contributed by atoms with Crippen molar-refractivity contribution in [2.45, 2.75) is 50.7 Å². The molecule has 1 heterocycles. The van der Waals surface area contributed by atoms with Crippen LogP contribution in [0.15, 0.2) is 24.3 Å². The lowest BCUT2D eigenvalue weighted by atomic mass is 9.90. The van der Waals surface area contributed by atoms with Crippen LogP contribution in [0.4, 0.5) is 0 Å². The zero-order chi connectivity index (χ0) is 15.0. The van der Waals surface area contributed by atoms with Crippen LogP contribution in [-0.4, -0.2) is 28.3 Å². The average Bonchev–Trinajstić information content (AvgIpc) is 2.91. The highest BCUT2D eigenvalue weighted by Gasteiger charge is 2.50. The van der Waals surface area contributed by atoms with E-state index in [-0.39, 0.29) is 11.8 Å². The Morgan fingerprint density at radius 2 is 2.05 bits per heavy atom. The van der Waals surface area contributed by atoms with Crippen LogP contribution in [-0.2, 0) is 16.1 Å². The predicted octanol–water partition coefficient (Wildman–Crippen LogP) is 2.50. The van der Waals surface area contributed by atoms with Crippen LogP contribution in [0.25, 0.3) is 0 Å². The van der Waals surface area contributed by atoms with Crippen LogP contribution < -0.4 is 5.32 Å². The van der Waals surface area contributed by atoms with E-state index in [0.717, 1.165) is 31.2 Å². The van der Waals surface area contributed by atoms with Crippen LogP contribution in [0.1, 0.15) is 38.2 Å². The second-order valence-electron chi connectivity index (χ2n) is 6.02. The third-order valence-electron chi connectivity index (χ3n) is 4.58. The van der Waals surface area contributed by atoms with Crippen molar-refractivity contribution >= 4 is 23.4 Å². The van der Waals surface area contributed by atoms with Gasteiger partial charge in [-0.2, -0.15) is 0 Å². The zero-order valence-corrected chi connectivity index (χ0v) is 12.8. The number of carbonyl (C=O) groups excluding carboxylic acids is 2. The van der Waals surface area contributed by atoms with Crippen molar-refractivity contribution < 1.29 is 9.59 Å². The molecule has 1 atom stereocenters. The molecule has 1 aliphatic heterocycles. The Morgan fingerprint density at radius 1 is 1.33 bits per heavy atom. The fraction of sp³-hybridized carbons (Fsp3) is 0.500. The van der Waals surface area contributed by atoms with E-state index in [2.05, 4.69) is 5.32 Å². The molecular weight excluding hydrogens is 288 g/mol. The summed E-state index contributed by atoms with van der Waals surface area (Å²) < 4.78 is 0. The highest BCUT2D eigenvalue weighted by atomic mass is 35.5. The molecule has 2 aliphatic rings. The summed E-state index contributed by atoms with van der Waals surface area (Å²) >= 11 is 6.00. The molecule has 0 radical (unpaired) electrons. The maximum Gasteiger partial charge on any atom is 0.249 e. The summed E-state index contributed by atoms with van der Waals surface area (Å²) in [5, 5.41) is 3.61. The summed E-state index contributed by atoms with van der Waals surface area (Å²) in [4.78, 5) is 26.8. The predicted molar refractivity (Wildman–Crippen MR) is 80.8 cm³/mol. The Morgan fingerprint density at radius 3 is 2.71 bits per heavy atom. The highest BCUT2D eigenvalue weighted by Crippen LogP contribution is 2.35. The fourth-order valence-electron chi connectivity index (χ4n) is 3.34. The SMILES string of the molecule is CC1C(=O)NC2(CCCC2)C(=O)N1Cc1cccc(Cl)c1. The monoisotopic (exact) mass is 306 g/mol. The van der Waals surface area contributed by atoms with Gasteiger partial charge in [0.05, 0.1) is 0 Å². The van der Waals surface area contributed by atoms with Crippen molar-refractivity contribution in [1.82, 2.24) is 10.2 Å². The largest absolute Gasteiger partial charge is 0.340 e. The highest BCUT2D eigenvalue weighted by molar-refractivity contribution is 6.30. The van der Waals surface area contributed by atoms with Gasteiger partial charge in [0.2, 0.25) is 11.8 Å². The van der Waals surface area contributed by atoms with Crippen LogP contribution in [0.2, 0.25) is 5.02 Å². The quantitative estimate of drug-likeness (QED) is 0.912. The van der Waals surface area contributed by atoms with Gasteiger partial charge in [-0.25, -0.2) is 0 Å². The Kier molecular flexibility index (Phi) is 3.66. The van der Waals surface area contributed by atoms with E-state index in [1.807, 2.05) is 18.2 Å². The minimum atomic E-state index is -0.665. The lowest BCUT2D eigenvalue weighted by Gasteiger charge is -2.43. The van der Waals surface area contributed by atoms with E-state index >= 15 is 0 Å². The molecule has 1 spiro atoms. The van der Waals surface area contributed by atoms with Crippen LogP contribution in [0.5, 0.6) is 0 Å². The number of hydrogen-bond acceptors (Lipinski definition) is 2. The van der Waals surface area contributed by atoms with Gasteiger partial charge < -0.3 is 10.2 Å². The molecule has 0 bridgehead atoms. The average molecular weight is 307 g/mol. The Balaban J connectivity index is 1.88. The Bertz CT molecular complexity index is 581. The first-order valence-corrected chi connectivity index (χ1v) is 7.77. The van der Waals surface area contributed by atoms with Gasteiger partial charge in [0.15, 0.2) is 0 Å². The number of halogens is 1. The fourth-order valence-corrected chi connectivity index (χ4v) is 3.56. The van der Waals surface area contributed by atoms with E-state index in [1.54, 1.807) is 17.9 Å². The van der Waals surface area contributed by atoms with E-state index in [4.69, 9.17) is 11.6 Å². The molecule has 1 aliphatic carbocycles. The van der Waals surface area contributed by atoms with Crippen molar-refractivity contribution in [3.05, 3.63) is 34.9 Å². The number of benzene rings is 1. The van der Waals surface area contributed by atoms with E-state index in [0.29, 0.717) is 11.6 Å². The van der Waals surface area contributed by atoms with Crippen LogP contribution >= 0.6 is 11.6 Å². The summed E-state index contributed by atoms with van der Waals surface area (Å²) in [6.07, 6.45) is 3.48. The molecule has 1 aromatic carbocycles. The van der Waals surface area contributed by atoms with Gasteiger partial charge in [-0.1, -0.05) is 36.6 Å². The number of nitrogens with zero attached hydrogens (tertiary/aromatic N) is 1. The molecule has 1 unspecified atom stereocenters. The van der Waals surface area contributed by atoms with Gasteiger partial charge in [0, 0.05) is 11.6 Å². The van der Waals surface area contributed by atoms with Gasteiger partial charge in [0.1, 0.15) is 11.6 Å². The summed E-state index contributed by atoms with van der Waals surface area (Å²) in [7, 11) is 0. The molecule has 1 aromatic rings. The Labute approximate surface area is 129 Å². The molecule has 0 aromatic heterocycles. The molecule has 3 rings (SSSR count). The lowest BCUT2D eigenvalue weighted by Crippen LogP contribution is -2.68. The molecule has 5 heteroatoms. The number of rotatable bonds is 2. The number of hydrogen-bond donors (Lipinski definition) is 1. The topological polar surface area (TPSA) is 49.4 Å². The van der Waals surface area contributed by atoms with E-state index in [9.17, 15) is 9.59 Å². The van der Waals surface area contributed by atoms with Gasteiger partial charge in [-0.3, -0.25) is 9.59 Å². The lowest BCUT2D eigenvalue weighted by molar-refractivity contribution is -0.154. The van der Waals surface area contributed by atoms with E-state index in [1.165, 1.54) is 0 Å². The van der Waals surface area contributed by atoms with Crippen molar-refractivity contribution in [2.75, 3.05) is 0 Å². The van der Waals surface area contributed by atoms with Crippen molar-refractivity contribution in [3.63, 3.8) is 0 Å². The summed E-state index contributed by atoms with van der Waals surface area (Å²) in [5.74, 6) is -0.00870. The zero-order valence-electron chi connectivity index (χ0n) is 12.1. The van der Waals surface area contributed by atoms with E-state index < -0.39 is 11.6 Å². The number of carbonyl (C=O) groups is 2. The molecule has 4 nitrogen and oxygen atoms in total. The summed E-state index contributed by atoms with van der Waals surface area (Å²) in [6.45, 7) is 2.20.